The summed E-state index contributed by atoms with van der Waals surface area (Å²) >= 11 is 0. The van der Waals surface area contributed by atoms with Crippen molar-refractivity contribution in [3.8, 4) is 11.5 Å². The van der Waals surface area contributed by atoms with Gasteiger partial charge in [-0.05, 0) is 38.0 Å². The van der Waals surface area contributed by atoms with E-state index in [2.05, 4.69) is 70.0 Å². The van der Waals surface area contributed by atoms with Gasteiger partial charge >= 0.3 is 0 Å². The standard InChI is InChI=1S/C24H26N6/c1-4-20-14-23(28-24(27-20)22-12-8-9-13-25-22)26-15-21-17(2)29-30(18(21)3)16-19-10-6-5-7-11-19/h5-14H,4,15-16H2,1-3H3,(H,26,27,28). The maximum atomic E-state index is 4.75. The minimum atomic E-state index is 0.644. The van der Waals surface area contributed by atoms with Gasteiger partial charge in [-0.15, -0.1) is 0 Å². The normalized spacial score (nSPS) is 10.9. The van der Waals surface area contributed by atoms with Crippen molar-refractivity contribution in [1.82, 2.24) is 24.7 Å². The van der Waals surface area contributed by atoms with E-state index >= 15 is 0 Å². The lowest BCUT2D eigenvalue weighted by atomic mass is 10.2. The molecule has 152 valence electrons. The largest absolute Gasteiger partial charge is 0.366 e. The number of anilines is 1. The Labute approximate surface area is 177 Å². The quantitative estimate of drug-likeness (QED) is 0.494. The zero-order chi connectivity index (χ0) is 20.9. The van der Waals surface area contributed by atoms with Crippen molar-refractivity contribution in [3.63, 3.8) is 0 Å². The van der Waals surface area contributed by atoms with Crippen molar-refractivity contribution in [1.29, 1.82) is 0 Å². The van der Waals surface area contributed by atoms with Gasteiger partial charge in [0.1, 0.15) is 11.5 Å². The fourth-order valence-electron chi connectivity index (χ4n) is 3.46. The summed E-state index contributed by atoms with van der Waals surface area (Å²) in [6.07, 6.45) is 2.60. The molecule has 0 aliphatic rings. The van der Waals surface area contributed by atoms with Gasteiger partial charge in [0.25, 0.3) is 0 Å². The molecule has 4 aromatic rings. The molecule has 0 unspecified atom stereocenters. The topological polar surface area (TPSA) is 68.5 Å². The molecule has 0 spiro atoms. The van der Waals surface area contributed by atoms with Crippen molar-refractivity contribution >= 4 is 5.82 Å². The molecule has 3 aromatic heterocycles. The lowest BCUT2D eigenvalue weighted by Gasteiger charge is -2.10. The van der Waals surface area contributed by atoms with E-state index in [1.54, 1.807) is 6.20 Å². The number of rotatable bonds is 7. The molecule has 1 aromatic carbocycles. The highest BCUT2D eigenvalue weighted by atomic mass is 15.3. The second-order valence-electron chi connectivity index (χ2n) is 7.28. The smallest absolute Gasteiger partial charge is 0.180 e. The minimum Gasteiger partial charge on any atom is -0.366 e. The molecule has 0 bridgehead atoms. The highest BCUT2D eigenvalue weighted by Gasteiger charge is 2.13. The Kier molecular flexibility index (Phi) is 5.84. The molecular weight excluding hydrogens is 372 g/mol. The van der Waals surface area contributed by atoms with Crippen LogP contribution in [-0.2, 0) is 19.5 Å². The average Bonchev–Trinajstić information content (AvgIpc) is 3.05. The summed E-state index contributed by atoms with van der Waals surface area (Å²) in [7, 11) is 0. The molecule has 3 heterocycles. The zero-order valence-electron chi connectivity index (χ0n) is 17.6. The van der Waals surface area contributed by atoms with Crippen LogP contribution in [0.15, 0.2) is 60.8 Å². The summed E-state index contributed by atoms with van der Waals surface area (Å²) in [5, 5.41) is 8.22. The summed E-state index contributed by atoms with van der Waals surface area (Å²) < 4.78 is 2.07. The number of nitrogens with zero attached hydrogens (tertiary/aromatic N) is 5. The van der Waals surface area contributed by atoms with Gasteiger partial charge in [0, 0.05) is 35.8 Å². The predicted molar refractivity (Wildman–Crippen MR) is 119 cm³/mol. The number of pyridine rings is 1. The van der Waals surface area contributed by atoms with Crippen LogP contribution >= 0.6 is 0 Å². The Balaban J connectivity index is 1.55. The lowest BCUT2D eigenvalue weighted by Crippen LogP contribution is -2.07. The zero-order valence-corrected chi connectivity index (χ0v) is 17.6. The van der Waals surface area contributed by atoms with E-state index in [1.807, 2.05) is 30.3 Å². The van der Waals surface area contributed by atoms with Crippen LogP contribution in [-0.4, -0.2) is 24.7 Å². The predicted octanol–water partition coefficient (Wildman–Crippen LogP) is 4.57. The molecule has 30 heavy (non-hydrogen) atoms. The van der Waals surface area contributed by atoms with Crippen LogP contribution in [0.2, 0.25) is 0 Å². The van der Waals surface area contributed by atoms with Crippen molar-refractivity contribution in [3.05, 3.63) is 89.0 Å². The van der Waals surface area contributed by atoms with E-state index in [1.165, 1.54) is 16.8 Å². The number of hydrogen-bond acceptors (Lipinski definition) is 5. The molecule has 1 N–H and O–H groups in total. The lowest BCUT2D eigenvalue weighted by molar-refractivity contribution is 0.658. The second-order valence-corrected chi connectivity index (χ2v) is 7.28. The van der Waals surface area contributed by atoms with E-state index < -0.39 is 0 Å². The maximum Gasteiger partial charge on any atom is 0.180 e. The fourth-order valence-corrected chi connectivity index (χ4v) is 3.46. The summed E-state index contributed by atoms with van der Waals surface area (Å²) in [6.45, 7) is 7.70. The summed E-state index contributed by atoms with van der Waals surface area (Å²) in [5.74, 6) is 1.45. The maximum absolute atomic E-state index is 4.75. The Morgan fingerprint density at radius 2 is 1.77 bits per heavy atom. The molecule has 0 saturated heterocycles. The Morgan fingerprint density at radius 3 is 2.50 bits per heavy atom. The Morgan fingerprint density at radius 1 is 0.967 bits per heavy atom. The highest BCUT2D eigenvalue weighted by molar-refractivity contribution is 5.53. The Bertz CT molecular complexity index is 1120. The summed E-state index contributed by atoms with van der Waals surface area (Å²) in [4.78, 5) is 13.7. The molecule has 0 fully saturated rings. The van der Waals surface area contributed by atoms with E-state index in [0.29, 0.717) is 12.4 Å². The molecule has 0 radical (unpaired) electrons. The molecular formula is C24H26N6. The van der Waals surface area contributed by atoms with Crippen molar-refractivity contribution < 1.29 is 0 Å². The monoisotopic (exact) mass is 398 g/mol. The number of hydrogen-bond donors (Lipinski definition) is 1. The SMILES string of the molecule is CCc1cc(NCc2c(C)nn(Cc3ccccc3)c2C)nc(-c2ccccn2)n1. The van der Waals surface area contributed by atoms with Crippen LogP contribution < -0.4 is 5.32 Å². The summed E-state index contributed by atoms with van der Waals surface area (Å²) in [6, 6.07) is 18.2. The summed E-state index contributed by atoms with van der Waals surface area (Å²) in [5.41, 5.74) is 6.40. The first kappa shape index (κ1) is 19.8. The van der Waals surface area contributed by atoms with Crippen LogP contribution in [0.25, 0.3) is 11.5 Å². The molecule has 0 aliphatic heterocycles. The molecule has 0 amide bonds. The molecule has 0 saturated carbocycles. The van der Waals surface area contributed by atoms with Gasteiger partial charge in [0.05, 0.1) is 12.2 Å². The van der Waals surface area contributed by atoms with Gasteiger partial charge < -0.3 is 5.32 Å². The minimum absolute atomic E-state index is 0.644. The van der Waals surface area contributed by atoms with Gasteiger partial charge in [0.15, 0.2) is 5.82 Å². The van der Waals surface area contributed by atoms with Gasteiger partial charge in [-0.2, -0.15) is 5.10 Å². The van der Waals surface area contributed by atoms with Crippen LogP contribution in [0, 0.1) is 13.8 Å². The first-order valence-corrected chi connectivity index (χ1v) is 10.2. The number of aryl methyl sites for hydroxylation is 2. The molecule has 6 heteroatoms. The van der Waals surface area contributed by atoms with Crippen LogP contribution in [0.4, 0.5) is 5.82 Å². The average molecular weight is 399 g/mol. The van der Waals surface area contributed by atoms with Crippen LogP contribution in [0.5, 0.6) is 0 Å². The van der Waals surface area contributed by atoms with Crippen molar-refractivity contribution in [2.75, 3.05) is 5.32 Å². The van der Waals surface area contributed by atoms with E-state index in [9.17, 15) is 0 Å². The fraction of sp³-hybridized carbons (Fsp3) is 0.250. The van der Waals surface area contributed by atoms with E-state index in [0.717, 1.165) is 35.9 Å². The number of aromatic nitrogens is 5. The second kappa shape index (κ2) is 8.86. The van der Waals surface area contributed by atoms with Gasteiger partial charge in [-0.3, -0.25) is 9.67 Å². The van der Waals surface area contributed by atoms with Gasteiger partial charge in [0.2, 0.25) is 0 Å². The third kappa shape index (κ3) is 4.38. The number of benzene rings is 1. The Hall–Kier alpha value is -3.54. The van der Waals surface area contributed by atoms with Gasteiger partial charge in [-0.1, -0.05) is 43.3 Å². The van der Waals surface area contributed by atoms with Crippen LogP contribution in [0.1, 0.15) is 35.1 Å². The van der Waals surface area contributed by atoms with E-state index in [4.69, 9.17) is 5.10 Å². The molecule has 6 nitrogen and oxygen atoms in total. The molecule has 4 rings (SSSR count). The van der Waals surface area contributed by atoms with Crippen molar-refractivity contribution in [2.45, 2.75) is 40.3 Å². The van der Waals surface area contributed by atoms with Gasteiger partial charge in [-0.25, -0.2) is 9.97 Å². The third-order valence-electron chi connectivity index (χ3n) is 5.19. The first-order valence-electron chi connectivity index (χ1n) is 10.2. The molecule has 0 aliphatic carbocycles. The van der Waals surface area contributed by atoms with Crippen LogP contribution in [0.3, 0.4) is 0 Å². The third-order valence-corrected chi connectivity index (χ3v) is 5.19. The first-order chi connectivity index (χ1) is 14.6. The highest BCUT2D eigenvalue weighted by Crippen LogP contribution is 2.19. The van der Waals surface area contributed by atoms with E-state index in [-0.39, 0.29) is 0 Å². The number of nitrogens with one attached hydrogen (secondary N) is 1. The van der Waals surface area contributed by atoms with Crippen molar-refractivity contribution in [2.24, 2.45) is 0 Å². The molecule has 0 atom stereocenters.